The summed E-state index contributed by atoms with van der Waals surface area (Å²) in [5, 5.41) is 20.3. The number of carboxylic acids is 1. The van der Waals surface area contributed by atoms with Crippen molar-refractivity contribution in [2.45, 2.75) is 6.42 Å². The zero-order valence-electron chi connectivity index (χ0n) is 12.4. The smallest absolute Gasteiger partial charge is 0.337 e. The van der Waals surface area contributed by atoms with Crippen LogP contribution in [0.4, 0.5) is 11.4 Å². The Kier molecular flexibility index (Phi) is 4.96. The third-order valence-electron chi connectivity index (χ3n) is 3.62. The zero-order valence-corrected chi connectivity index (χ0v) is 12.4. The summed E-state index contributed by atoms with van der Waals surface area (Å²) in [6, 6.07) is 6.66. The molecule has 1 aliphatic heterocycles. The number of carbonyl (C=O) groups excluding carboxylic acids is 1. The predicted octanol–water partition coefficient (Wildman–Crippen LogP) is 0.989. The van der Waals surface area contributed by atoms with Gasteiger partial charge in [-0.1, -0.05) is 0 Å². The summed E-state index contributed by atoms with van der Waals surface area (Å²) in [5.41, 5.74) is 1.07. The maximum atomic E-state index is 11.5. The largest absolute Gasteiger partial charge is 0.478 e. The van der Waals surface area contributed by atoms with Gasteiger partial charge in [0.2, 0.25) is 5.91 Å². The van der Waals surface area contributed by atoms with E-state index in [-0.39, 0.29) is 17.7 Å². The molecule has 0 aromatic heterocycles. The maximum absolute atomic E-state index is 11.5. The van der Waals surface area contributed by atoms with Crippen LogP contribution in [0.3, 0.4) is 0 Å². The highest BCUT2D eigenvalue weighted by atomic mass is 16.4. The molecular weight excluding hydrogens is 284 g/mol. The van der Waals surface area contributed by atoms with Gasteiger partial charge in [-0.15, -0.1) is 0 Å². The van der Waals surface area contributed by atoms with E-state index in [0.29, 0.717) is 0 Å². The zero-order chi connectivity index (χ0) is 16.1. The molecule has 0 saturated carbocycles. The average Bonchev–Trinajstić information content (AvgIpc) is 2.48. The number of nitrogens with one attached hydrogen (secondary N) is 1. The Bertz CT molecular complexity index is 616. The molecule has 1 heterocycles. The molecule has 2 N–H and O–H groups in total. The second-order valence-electron chi connectivity index (χ2n) is 5.21. The van der Waals surface area contributed by atoms with Crippen LogP contribution in [0.25, 0.3) is 0 Å². The van der Waals surface area contributed by atoms with Crippen LogP contribution in [0.1, 0.15) is 16.8 Å². The van der Waals surface area contributed by atoms with Crippen molar-refractivity contribution in [3.63, 3.8) is 0 Å². The molecule has 0 aliphatic carbocycles. The van der Waals surface area contributed by atoms with Crippen LogP contribution in [0.2, 0.25) is 0 Å². The molecule has 116 valence electrons. The Balaban J connectivity index is 2.22. The maximum Gasteiger partial charge on any atom is 0.337 e. The molecule has 1 amide bonds. The second-order valence-corrected chi connectivity index (χ2v) is 5.21. The predicted molar refractivity (Wildman–Crippen MR) is 82.0 cm³/mol. The summed E-state index contributed by atoms with van der Waals surface area (Å²) < 4.78 is 0. The number of nitriles is 1. The van der Waals surface area contributed by atoms with Gasteiger partial charge in [0.05, 0.1) is 17.3 Å². The van der Waals surface area contributed by atoms with Crippen molar-refractivity contribution in [1.82, 2.24) is 4.90 Å². The van der Waals surface area contributed by atoms with E-state index in [2.05, 4.69) is 15.1 Å². The van der Waals surface area contributed by atoms with Crippen molar-refractivity contribution in [1.29, 1.82) is 5.26 Å². The fourth-order valence-electron chi connectivity index (χ4n) is 2.35. The second kappa shape index (κ2) is 6.91. The van der Waals surface area contributed by atoms with Gasteiger partial charge in [0, 0.05) is 31.9 Å². The van der Waals surface area contributed by atoms with Crippen LogP contribution in [0.5, 0.6) is 0 Å². The fourth-order valence-corrected chi connectivity index (χ4v) is 2.35. The number of benzene rings is 1. The lowest BCUT2D eigenvalue weighted by Gasteiger charge is -2.34. The molecule has 0 spiro atoms. The van der Waals surface area contributed by atoms with Gasteiger partial charge in [-0.2, -0.15) is 5.26 Å². The first kappa shape index (κ1) is 15.8. The molecule has 1 aromatic carbocycles. The summed E-state index contributed by atoms with van der Waals surface area (Å²) in [6.07, 6.45) is -0.306. The van der Waals surface area contributed by atoms with Crippen molar-refractivity contribution in [2.75, 3.05) is 43.4 Å². The first-order valence-electron chi connectivity index (χ1n) is 6.99. The molecule has 2 rings (SSSR count). The van der Waals surface area contributed by atoms with Crippen LogP contribution in [-0.2, 0) is 4.79 Å². The van der Waals surface area contributed by atoms with Crippen molar-refractivity contribution < 1.29 is 14.7 Å². The Hall–Kier alpha value is -2.59. The van der Waals surface area contributed by atoms with Crippen molar-refractivity contribution >= 4 is 23.3 Å². The van der Waals surface area contributed by atoms with E-state index in [4.69, 9.17) is 5.26 Å². The van der Waals surface area contributed by atoms with E-state index < -0.39 is 11.9 Å². The third-order valence-corrected chi connectivity index (χ3v) is 3.62. The summed E-state index contributed by atoms with van der Waals surface area (Å²) in [5.74, 6) is -1.62. The van der Waals surface area contributed by atoms with Gasteiger partial charge in [0.1, 0.15) is 6.42 Å². The number of aromatic carboxylic acids is 1. The van der Waals surface area contributed by atoms with E-state index in [9.17, 15) is 14.7 Å². The minimum Gasteiger partial charge on any atom is -0.478 e. The number of hydrogen-bond donors (Lipinski definition) is 2. The Labute approximate surface area is 128 Å². The lowest BCUT2D eigenvalue weighted by molar-refractivity contribution is -0.115. The van der Waals surface area contributed by atoms with E-state index >= 15 is 0 Å². The number of carboxylic acid groups (broad SMARTS) is 1. The quantitative estimate of drug-likeness (QED) is 0.861. The first-order valence-corrected chi connectivity index (χ1v) is 6.99. The van der Waals surface area contributed by atoms with Crippen molar-refractivity contribution in [2.24, 2.45) is 0 Å². The molecule has 7 nitrogen and oxygen atoms in total. The van der Waals surface area contributed by atoms with E-state index in [0.717, 1.165) is 31.9 Å². The molecule has 22 heavy (non-hydrogen) atoms. The number of piperazine rings is 1. The Morgan fingerprint density at radius 2 is 2.00 bits per heavy atom. The highest BCUT2D eigenvalue weighted by Crippen LogP contribution is 2.24. The van der Waals surface area contributed by atoms with Crippen LogP contribution < -0.4 is 10.2 Å². The summed E-state index contributed by atoms with van der Waals surface area (Å²) in [7, 11) is 2.05. The van der Waals surface area contributed by atoms with Crippen LogP contribution in [-0.4, -0.2) is 55.1 Å². The molecule has 1 aliphatic rings. The third kappa shape index (κ3) is 3.74. The van der Waals surface area contributed by atoms with Crippen LogP contribution >= 0.6 is 0 Å². The molecule has 7 heteroatoms. The van der Waals surface area contributed by atoms with Gasteiger partial charge < -0.3 is 20.2 Å². The lowest BCUT2D eigenvalue weighted by Crippen LogP contribution is -2.44. The number of rotatable bonds is 4. The highest BCUT2D eigenvalue weighted by molar-refractivity contribution is 6.01. The van der Waals surface area contributed by atoms with Gasteiger partial charge in [-0.05, 0) is 25.2 Å². The molecule has 0 atom stereocenters. The molecule has 1 saturated heterocycles. The monoisotopic (exact) mass is 302 g/mol. The molecule has 0 radical (unpaired) electrons. The standard InChI is InChI=1S/C15H18N4O3/c1-18-6-8-19(9-7-18)11-2-3-13(12(10-11)15(21)22)17-14(20)4-5-16/h2-3,10H,4,6-9H2,1H3,(H,17,20)(H,21,22). The number of nitrogens with zero attached hydrogens (tertiary/aromatic N) is 3. The lowest BCUT2D eigenvalue weighted by atomic mass is 10.1. The minimum absolute atomic E-state index is 0.0303. The minimum atomic E-state index is -1.11. The number of anilines is 2. The number of amides is 1. The van der Waals surface area contributed by atoms with Gasteiger partial charge in [0.25, 0.3) is 0 Å². The van der Waals surface area contributed by atoms with Crippen molar-refractivity contribution in [3.05, 3.63) is 23.8 Å². The molecular formula is C15H18N4O3. The first-order chi connectivity index (χ1) is 10.5. The summed E-state index contributed by atoms with van der Waals surface area (Å²) in [6.45, 7) is 3.50. The number of hydrogen-bond acceptors (Lipinski definition) is 5. The van der Waals surface area contributed by atoms with Gasteiger partial charge in [-0.3, -0.25) is 4.79 Å². The van der Waals surface area contributed by atoms with Gasteiger partial charge in [-0.25, -0.2) is 4.79 Å². The van der Waals surface area contributed by atoms with Gasteiger partial charge in [0.15, 0.2) is 0 Å². The van der Waals surface area contributed by atoms with E-state index in [1.165, 1.54) is 0 Å². The van der Waals surface area contributed by atoms with Gasteiger partial charge >= 0.3 is 5.97 Å². The molecule has 1 aromatic rings. The van der Waals surface area contributed by atoms with E-state index in [1.807, 2.05) is 7.05 Å². The number of carbonyl (C=O) groups is 2. The number of likely N-dealkylation sites (N-methyl/N-ethyl adjacent to an activating group) is 1. The Morgan fingerprint density at radius 1 is 1.32 bits per heavy atom. The highest BCUT2D eigenvalue weighted by Gasteiger charge is 2.18. The van der Waals surface area contributed by atoms with E-state index in [1.54, 1.807) is 24.3 Å². The normalized spacial score (nSPS) is 15.2. The molecule has 0 unspecified atom stereocenters. The molecule has 0 bridgehead atoms. The average molecular weight is 302 g/mol. The summed E-state index contributed by atoms with van der Waals surface area (Å²) in [4.78, 5) is 27.2. The topological polar surface area (TPSA) is 96.7 Å². The van der Waals surface area contributed by atoms with Crippen LogP contribution in [0.15, 0.2) is 18.2 Å². The SMILES string of the molecule is CN1CCN(c2ccc(NC(=O)CC#N)c(C(=O)O)c2)CC1. The fraction of sp³-hybridized carbons (Fsp3) is 0.400. The molecule has 1 fully saturated rings. The van der Waals surface area contributed by atoms with Crippen molar-refractivity contribution in [3.8, 4) is 6.07 Å². The van der Waals surface area contributed by atoms with Crippen LogP contribution in [0, 0.1) is 11.3 Å². The summed E-state index contributed by atoms with van der Waals surface area (Å²) >= 11 is 0. The Morgan fingerprint density at radius 3 is 2.59 bits per heavy atom.